The number of nitrogens with zero attached hydrogens (tertiary/aromatic N) is 2. The van der Waals surface area contributed by atoms with E-state index in [2.05, 4.69) is 0 Å². The fraction of sp³-hybridized carbons (Fsp3) is 0.500. The van der Waals surface area contributed by atoms with Gasteiger partial charge in [-0.2, -0.15) is 4.31 Å². The molecule has 4 rings (SSSR count). The maximum absolute atomic E-state index is 12.9. The van der Waals surface area contributed by atoms with Crippen molar-refractivity contribution in [2.45, 2.75) is 49.1 Å². The molecular formula is C26H34N2O6S. The fourth-order valence-electron chi connectivity index (χ4n) is 4.91. The standard InChI is InChI=1S/C26H34N2O6S/c1-5-34-25-15-20-21-14-18(29)8-11-23(21)27-26(22(20)16-24(25)33-4)17-6-9-19(10-7-17)35(30,31)28(2)12-13-32-3/h6-7,9-10,15-16,18,21,23,29H,5,8,11-14H2,1-4H3. The number of benzene rings is 2. The molecule has 1 saturated carbocycles. The molecule has 0 radical (unpaired) electrons. The van der Waals surface area contributed by atoms with Crippen LogP contribution >= 0.6 is 0 Å². The second kappa shape index (κ2) is 10.7. The Labute approximate surface area is 207 Å². The average Bonchev–Trinajstić information content (AvgIpc) is 2.86. The lowest BCUT2D eigenvalue weighted by Gasteiger charge is -2.37. The molecule has 3 unspecified atom stereocenters. The number of methoxy groups -OCH3 is 2. The quantitative estimate of drug-likeness (QED) is 0.566. The van der Waals surface area contributed by atoms with E-state index in [1.165, 1.54) is 4.31 Å². The van der Waals surface area contributed by atoms with Gasteiger partial charge in [-0.25, -0.2) is 8.42 Å². The zero-order valence-corrected chi connectivity index (χ0v) is 21.5. The highest BCUT2D eigenvalue weighted by atomic mass is 32.2. The Morgan fingerprint density at radius 2 is 1.86 bits per heavy atom. The lowest BCUT2D eigenvalue weighted by atomic mass is 9.74. The highest BCUT2D eigenvalue weighted by molar-refractivity contribution is 7.89. The number of rotatable bonds is 9. The zero-order chi connectivity index (χ0) is 25.2. The number of hydrogen-bond donors (Lipinski definition) is 1. The van der Waals surface area contributed by atoms with Crippen LogP contribution in [0.3, 0.4) is 0 Å². The predicted molar refractivity (Wildman–Crippen MR) is 134 cm³/mol. The van der Waals surface area contributed by atoms with Crippen LogP contribution in [0.15, 0.2) is 46.3 Å². The van der Waals surface area contributed by atoms with E-state index < -0.39 is 10.0 Å². The summed E-state index contributed by atoms with van der Waals surface area (Å²) < 4.78 is 43.6. The van der Waals surface area contributed by atoms with Crippen molar-refractivity contribution in [2.75, 3.05) is 41.0 Å². The molecule has 1 heterocycles. The van der Waals surface area contributed by atoms with Gasteiger partial charge in [-0.05, 0) is 56.0 Å². The topological polar surface area (TPSA) is 97.7 Å². The molecule has 0 spiro atoms. The van der Waals surface area contributed by atoms with E-state index in [0.29, 0.717) is 37.6 Å². The number of aliphatic imine (C=N–C) groups is 1. The first-order chi connectivity index (χ1) is 16.8. The fourth-order valence-corrected chi connectivity index (χ4v) is 6.06. The molecule has 1 aliphatic heterocycles. The highest BCUT2D eigenvalue weighted by Crippen LogP contribution is 2.45. The van der Waals surface area contributed by atoms with Crippen LogP contribution in [0.4, 0.5) is 0 Å². The molecule has 8 nitrogen and oxygen atoms in total. The number of sulfonamides is 1. The molecule has 0 aromatic heterocycles. The number of fused-ring (bicyclic) bond motifs is 3. The monoisotopic (exact) mass is 502 g/mol. The first kappa shape index (κ1) is 25.6. The number of hydrogen-bond acceptors (Lipinski definition) is 7. The molecule has 35 heavy (non-hydrogen) atoms. The lowest BCUT2D eigenvalue weighted by Crippen LogP contribution is -2.34. The minimum absolute atomic E-state index is 0.0485. The molecule has 3 atom stereocenters. The van der Waals surface area contributed by atoms with Gasteiger partial charge in [-0.3, -0.25) is 4.99 Å². The molecule has 190 valence electrons. The van der Waals surface area contributed by atoms with Crippen LogP contribution in [0, 0.1) is 0 Å². The zero-order valence-electron chi connectivity index (χ0n) is 20.7. The van der Waals surface area contributed by atoms with Crippen LogP contribution in [0.2, 0.25) is 0 Å². The molecule has 0 bridgehead atoms. The molecule has 1 fully saturated rings. The maximum atomic E-state index is 12.9. The van der Waals surface area contributed by atoms with Crippen molar-refractivity contribution in [3.8, 4) is 11.5 Å². The van der Waals surface area contributed by atoms with Crippen LogP contribution in [-0.2, 0) is 14.8 Å². The molecule has 0 amide bonds. The third-order valence-electron chi connectivity index (χ3n) is 6.82. The minimum atomic E-state index is -3.62. The Kier molecular flexibility index (Phi) is 7.80. The van der Waals surface area contributed by atoms with Crippen molar-refractivity contribution in [3.05, 3.63) is 53.1 Å². The Morgan fingerprint density at radius 3 is 2.51 bits per heavy atom. The van der Waals surface area contributed by atoms with Gasteiger partial charge >= 0.3 is 0 Å². The second-order valence-corrected chi connectivity index (χ2v) is 11.0. The van der Waals surface area contributed by atoms with Gasteiger partial charge in [0, 0.05) is 37.7 Å². The van der Waals surface area contributed by atoms with E-state index in [4.69, 9.17) is 19.2 Å². The Morgan fingerprint density at radius 1 is 1.11 bits per heavy atom. The van der Waals surface area contributed by atoms with Crippen molar-refractivity contribution in [1.29, 1.82) is 0 Å². The number of aliphatic hydroxyl groups excluding tert-OH is 1. The van der Waals surface area contributed by atoms with Crippen molar-refractivity contribution in [2.24, 2.45) is 4.99 Å². The highest BCUT2D eigenvalue weighted by Gasteiger charge is 2.37. The Bertz CT molecular complexity index is 1180. The number of likely N-dealkylation sites (N-methyl/N-ethyl adjacent to an activating group) is 1. The van der Waals surface area contributed by atoms with Crippen LogP contribution in [-0.4, -0.2) is 76.7 Å². The molecule has 2 aromatic carbocycles. The predicted octanol–water partition coefficient (Wildman–Crippen LogP) is 3.21. The first-order valence-electron chi connectivity index (χ1n) is 12.0. The molecule has 0 saturated heterocycles. The van der Waals surface area contributed by atoms with E-state index in [0.717, 1.165) is 28.8 Å². The summed E-state index contributed by atoms with van der Waals surface area (Å²) in [6.45, 7) is 3.05. The van der Waals surface area contributed by atoms with Gasteiger partial charge in [0.1, 0.15) is 0 Å². The first-order valence-corrected chi connectivity index (χ1v) is 13.4. The normalized spacial score (nSPS) is 21.8. The number of ether oxygens (including phenoxy) is 3. The van der Waals surface area contributed by atoms with E-state index in [-0.39, 0.29) is 29.5 Å². The van der Waals surface area contributed by atoms with E-state index in [9.17, 15) is 13.5 Å². The molecule has 1 aliphatic carbocycles. The molecule has 9 heteroatoms. The minimum Gasteiger partial charge on any atom is -0.493 e. The van der Waals surface area contributed by atoms with Crippen LogP contribution < -0.4 is 9.47 Å². The van der Waals surface area contributed by atoms with E-state index >= 15 is 0 Å². The van der Waals surface area contributed by atoms with Crippen molar-refractivity contribution < 1.29 is 27.7 Å². The third-order valence-corrected chi connectivity index (χ3v) is 8.69. The molecule has 1 N–H and O–H groups in total. The average molecular weight is 503 g/mol. The summed E-state index contributed by atoms with van der Waals surface area (Å²) in [4.78, 5) is 5.32. The maximum Gasteiger partial charge on any atom is 0.242 e. The van der Waals surface area contributed by atoms with Crippen LogP contribution in [0.1, 0.15) is 48.8 Å². The Hall–Kier alpha value is -2.46. The smallest absolute Gasteiger partial charge is 0.242 e. The largest absolute Gasteiger partial charge is 0.493 e. The van der Waals surface area contributed by atoms with Crippen LogP contribution in [0.25, 0.3) is 0 Å². The molecular weight excluding hydrogens is 468 g/mol. The van der Waals surface area contributed by atoms with E-state index in [1.54, 1.807) is 45.5 Å². The van der Waals surface area contributed by atoms with Gasteiger partial charge < -0.3 is 19.3 Å². The van der Waals surface area contributed by atoms with Gasteiger partial charge in [0.25, 0.3) is 0 Å². The van der Waals surface area contributed by atoms with Crippen molar-refractivity contribution in [3.63, 3.8) is 0 Å². The number of aliphatic hydroxyl groups is 1. The third kappa shape index (κ3) is 5.09. The van der Waals surface area contributed by atoms with E-state index in [1.807, 2.05) is 19.1 Å². The summed E-state index contributed by atoms with van der Waals surface area (Å²) in [5.74, 6) is 1.39. The summed E-state index contributed by atoms with van der Waals surface area (Å²) in [7, 11) is 1.08. The van der Waals surface area contributed by atoms with Gasteiger partial charge in [0.05, 0.1) is 43.1 Å². The van der Waals surface area contributed by atoms with Gasteiger partial charge in [-0.15, -0.1) is 0 Å². The summed E-state index contributed by atoms with van der Waals surface area (Å²) in [6, 6.07) is 10.9. The summed E-state index contributed by atoms with van der Waals surface area (Å²) in [5.41, 5.74) is 3.64. The summed E-state index contributed by atoms with van der Waals surface area (Å²) >= 11 is 0. The molecule has 2 aromatic rings. The molecule has 2 aliphatic rings. The van der Waals surface area contributed by atoms with Crippen molar-refractivity contribution in [1.82, 2.24) is 4.31 Å². The van der Waals surface area contributed by atoms with Gasteiger partial charge in [-0.1, -0.05) is 12.1 Å². The SMILES string of the molecule is CCOc1cc2c(cc1OC)C(c1ccc(S(=O)(=O)N(C)CCOC)cc1)=NC1CCC(O)CC21. The second-order valence-electron chi connectivity index (χ2n) is 8.99. The lowest BCUT2D eigenvalue weighted by molar-refractivity contribution is 0.111. The van der Waals surface area contributed by atoms with Crippen LogP contribution in [0.5, 0.6) is 11.5 Å². The summed E-state index contributed by atoms with van der Waals surface area (Å²) in [5, 5.41) is 10.4. The summed E-state index contributed by atoms with van der Waals surface area (Å²) in [6.07, 6.45) is 1.81. The van der Waals surface area contributed by atoms with Gasteiger partial charge in [0.2, 0.25) is 10.0 Å². The van der Waals surface area contributed by atoms with Gasteiger partial charge in [0.15, 0.2) is 11.5 Å². The van der Waals surface area contributed by atoms with Crippen molar-refractivity contribution >= 4 is 15.7 Å². The Balaban J connectivity index is 1.75.